The first-order valence-electron chi connectivity index (χ1n) is 8.31. The minimum Gasteiger partial charge on any atom is -0.491 e. The lowest BCUT2D eigenvalue weighted by Crippen LogP contribution is -2.42. The maximum absolute atomic E-state index is 10.1. The van der Waals surface area contributed by atoms with Gasteiger partial charge in [0.05, 0.1) is 0 Å². The summed E-state index contributed by atoms with van der Waals surface area (Å²) in [5.74, 6) is 2.13. The molecule has 0 aliphatic rings. The largest absolute Gasteiger partial charge is 0.491 e. The number of ether oxygens (including phenoxy) is 1. The van der Waals surface area contributed by atoms with Crippen molar-refractivity contribution in [1.82, 2.24) is 25.4 Å². The van der Waals surface area contributed by atoms with Crippen LogP contribution in [0.5, 0.6) is 5.75 Å². The summed E-state index contributed by atoms with van der Waals surface area (Å²) in [6.07, 6.45) is 0.844. The van der Waals surface area contributed by atoms with Crippen LogP contribution in [0.4, 0.5) is 0 Å². The van der Waals surface area contributed by atoms with Crippen LogP contribution in [-0.2, 0) is 13.6 Å². The predicted molar refractivity (Wildman–Crippen MR) is 96.5 cm³/mol. The van der Waals surface area contributed by atoms with E-state index in [0.29, 0.717) is 19.0 Å². The highest BCUT2D eigenvalue weighted by molar-refractivity contribution is 5.79. The Morgan fingerprint density at radius 2 is 2.24 bits per heavy atom. The second-order valence-electron chi connectivity index (χ2n) is 5.66. The second-order valence-corrected chi connectivity index (χ2v) is 5.66. The first kappa shape index (κ1) is 18.7. The van der Waals surface area contributed by atoms with E-state index >= 15 is 0 Å². The minimum absolute atomic E-state index is 0.207. The fraction of sp³-hybridized carbons (Fsp3) is 0.471. The highest BCUT2D eigenvalue weighted by Crippen LogP contribution is 2.12. The molecule has 0 radical (unpaired) electrons. The lowest BCUT2D eigenvalue weighted by molar-refractivity contribution is 0.110. The van der Waals surface area contributed by atoms with Crippen LogP contribution in [0.1, 0.15) is 18.3 Å². The number of aromatic nitrogens is 3. The van der Waals surface area contributed by atoms with Gasteiger partial charge in [0.1, 0.15) is 37.2 Å². The Morgan fingerprint density at radius 1 is 1.40 bits per heavy atom. The first-order chi connectivity index (χ1) is 12.1. The molecule has 1 aromatic heterocycles. The number of hydrogen-bond acceptors (Lipinski definition) is 5. The van der Waals surface area contributed by atoms with Crippen molar-refractivity contribution >= 4 is 5.96 Å². The van der Waals surface area contributed by atoms with Crippen LogP contribution in [0.2, 0.25) is 0 Å². The van der Waals surface area contributed by atoms with E-state index in [0.717, 1.165) is 23.7 Å². The van der Waals surface area contributed by atoms with Crippen molar-refractivity contribution in [2.75, 3.05) is 19.7 Å². The number of aryl methyl sites for hydroxylation is 2. The van der Waals surface area contributed by atoms with Gasteiger partial charge in [0.2, 0.25) is 0 Å². The molecule has 0 saturated carbocycles. The third-order valence-corrected chi connectivity index (χ3v) is 3.47. The maximum atomic E-state index is 10.1. The summed E-state index contributed by atoms with van der Waals surface area (Å²) < 4.78 is 7.28. The molecule has 0 spiro atoms. The molecule has 136 valence electrons. The first-order valence-corrected chi connectivity index (χ1v) is 8.31. The number of nitrogens with zero attached hydrogens (tertiary/aromatic N) is 4. The Bertz CT molecular complexity index is 685. The van der Waals surface area contributed by atoms with E-state index in [4.69, 9.17) is 4.74 Å². The minimum atomic E-state index is -0.654. The van der Waals surface area contributed by atoms with Crippen LogP contribution in [0.15, 0.2) is 35.6 Å². The molecule has 25 heavy (non-hydrogen) atoms. The van der Waals surface area contributed by atoms with Crippen molar-refractivity contribution in [3.63, 3.8) is 0 Å². The fourth-order valence-electron chi connectivity index (χ4n) is 2.13. The Balaban J connectivity index is 1.80. The van der Waals surface area contributed by atoms with Crippen LogP contribution in [-0.4, -0.2) is 51.6 Å². The standard InChI is InChI=1S/C17H26N6O2/c1-4-18-17(20-10-16-21-12-22-23(16)3)19-9-14(24)11-25-15-7-5-6-13(2)8-15/h5-8,12,14,24H,4,9-11H2,1-3H3,(H2,18,19,20). The summed E-state index contributed by atoms with van der Waals surface area (Å²) in [6, 6.07) is 7.74. The van der Waals surface area contributed by atoms with Crippen LogP contribution in [0.3, 0.4) is 0 Å². The van der Waals surface area contributed by atoms with Crippen LogP contribution in [0.25, 0.3) is 0 Å². The Hall–Kier alpha value is -2.61. The Kier molecular flexibility index (Phi) is 7.21. The zero-order chi connectivity index (χ0) is 18.1. The molecule has 0 bridgehead atoms. The van der Waals surface area contributed by atoms with Gasteiger partial charge < -0.3 is 20.5 Å². The number of benzene rings is 1. The third-order valence-electron chi connectivity index (χ3n) is 3.47. The van der Waals surface area contributed by atoms with E-state index in [1.807, 2.05) is 45.2 Å². The van der Waals surface area contributed by atoms with Gasteiger partial charge in [0.15, 0.2) is 5.96 Å². The molecule has 2 aromatic rings. The fourth-order valence-corrected chi connectivity index (χ4v) is 2.13. The van der Waals surface area contributed by atoms with Crippen LogP contribution < -0.4 is 15.4 Å². The number of rotatable bonds is 8. The van der Waals surface area contributed by atoms with E-state index in [1.165, 1.54) is 6.33 Å². The molecule has 0 fully saturated rings. The van der Waals surface area contributed by atoms with Crippen molar-refractivity contribution in [2.45, 2.75) is 26.5 Å². The zero-order valence-electron chi connectivity index (χ0n) is 14.9. The van der Waals surface area contributed by atoms with Gasteiger partial charge in [-0.3, -0.25) is 4.68 Å². The van der Waals surface area contributed by atoms with Gasteiger partial charge in [-0.1, -0.05) is 12.1 Å². The van der Waals surface area contributed by atoms with Gasteiger partial charge in [-0.25, -0.2) is 9.98 Å². The Morgan fingerprint density at radius 3 is 2.92 bits per heavy atom. The van der Waals surface area contributed by atoms with E-state index in [1.54, 1.807) is 4.68 Å². The Labute approximate surface area is 148 Å². The summed E-state index contributed by atoms with van der Waals surface area (Å²) in [6.45, 7) is 5.65. The van der Waals surface area contributed by atoms with Crippen molar-refractivity contribution in [3.8, 4) is 5.75 Å². The molecule has 8 heteroatoms. The summed E-state index contributed by atoms with van der Waals surface area (Å²) in [5, 5.41) is 20.3. The van der Waals surface area contributed by atoms with E-state index in [2.05, 4.69) is 25.7 Å². The SMILES string of the molecule is CCNC(=NCc1ncnn1C)NCC(O)COc1cccc(C)c1. The maximum Gasteiger partial charge on any atom is 0.191 e. The molecule has 1 unspecified atom stereocenters. The third kappa shape index (κ3) is 6.42. The molecule has 0 saturated heterocycles. The number of guanidine groups is 1. The predicted octanol–water partition coefficient (Wildman–Crippen LogP) is 0.619. The normalized spacial score (nSPS) is 12.7. The second kappa shape index (κ2) is 9.63. The smallest absolute Gasteiger partial charge is 0.191 e. The number of hydrogen-bond donors (Lipinski definition) is 3. The van der Waals surface area contributed by atoms with Crippen molar-refractivity contribution < 1.29 is 9.84 Å². The lowest BCUT2D eigenvalue weighted by Gasteiger charge is -2.16. The monoisotopic (exact) mass is 346 g/mol. The van der Waals surface area contributed by atoms with Gasteiger partial charge in [0.25, 0.3) is 0 Å². The average molecular weight is 346 g/mol. The molecule has 0 amide bonds. The highest BCUT2D eigenvalue weighted by atomic mass is 16.5. The molecule has 1 atom stereocenters. The molecule has 0 aliphatic heterocycles. The van der Waals surface area contributed by atoms with Gasteiger partial charge in [-0.15, -0.1) is 0 Å². The lowest BCUT2D eigenvalue weighted by atomic mass is 10.2. The average Bonchev–Trinajstić information content (AvgIpc) is 3.00. The van der Waals surface area contributed by atoms with E-state index in [-0.39, 0.29) is 6.61 Å². The van der Waals surface area contributed by atoms with Gasteiger partial charge >= 0.3 is 0 Å². The molecule has 8 nitrogen and oxygen atoms in total. The molecule has 1 aromatic carbocycles. The number of aliphatic hydroxyl groups is 1. The quantitative estimate of drug-likeness (QED) is 0.479. The van der Waals surface area contributed by atoms with Crippen LogP contribution in [0, 0.1) is 6.92 Å². The molecule has 3 N–H and O–H groups in total. The zero-order valence-corrected chi connectivity index (χ0v) is 14.9. The van der Waals surface area contributed by atoms with E-state index < -0.39 is 6.10 Å². The van der Waals surface area contributed by atoms with Gasteiger partial charge in [-0.05, 0) is 31.5 Å². The van der Waals surface area contributed by atoms with Crippen LogP contribution >= 0.6 is 0 Å². The number of aliphatic hydroxyl groups excluding tert-OH is 1. The number of aliphatic imine (C=N–C) groups is 1. The molecule has 2 rings (SSSR count). The van der Waals surface area contributed by atoms with E-state index in [9.17, 15) is 5.11 Å². The topological polar surface area (TPSA) is 96.6 Å². The summed E-state index contributed by atoms with van der Waals surface area (Å²) in [7, 11) is 1.82. The number of nitrogens with one attached hydrogen (secondary N) is 2. The molecular formula is C17H26N6O2. The molecule has 1 heterocycles. The van der Waals surface area contributed by atoms with Crippen molar-refractivity contribution in [2.24, 2.45) is 12.0 Å². The van der Waals surface area contributed by atoms with Crippen molar-refractivity contribution in [3.05, 3.63) is 42.0 Å². The molecular weight excluding hydrogens is 320 g/mol. The van der Waals surface area contributed by atoms with Gasteiger partial charge in [-0.2, -0.15) is 5.10 Å². The van der Waals surface area contributed by atoms with Crippen molar-refractivity contribution in [1.29, 1.82) is 0 Å². The summed E-state index contributed by atoms with van der Waals surface area (Å²) >= 11 is 0. The highest BCUT2D eigenvalue weighted by Gasteiger charge is 2.08. The molecule has 0 aliphatic carbocycles. The summed E-state index contributed by atoms with van der Waals surface area (Å²) in [4.78, 5) is 8.57. The van der Waals surface area contributed by atoms with Gasteiger partial charge in [0, 0.05) is 20.1 Å². The summed E-state index contributed by atoms with van der Waals surface area (Å²) in [5.41, 5.74) is 1.12.